The van der Waals surface area contributed by atoms with Crippen LogP contribution in [0.1, 0.15) is 37.6 Å². The van der Waals surface area contributed by atoms with Gasteiger partial charge in [-0.2, -0.15) is 0 Å². The highest BCUT2D eigenvalue weighted by molar-refractivity contribution is 6.30. The van der Waals surface area contributed by atoms with Crippen molar-refractivity contribution in [3.05, 3.63) is 34.9 Å². The highest BCUT2D eigenvalue weighted by atomic mass is 35.5. The van der Waals surface area contributed by atoms with Gasteiger partial charge in [0.2, 0.25) is 0 Å². The fourth-order valence-corrected chi connectivity index (χ4v) is 1.72. The van der Waals surface area contributed by atoms with Crippen LogP contribution >= 0.6 is 11.6 Å². The van der Waals surface area contributed by atoms with Crippen molar-refractivity contribution in [2.24, 2.45) is 5.92 Å². The maximum atomic E-state index is 12.2. The van der Waals surface area contributed by atoms with Crippen LogP contribution in [0.3, 0.4) is 0 Å². The van der Waals surface area contributed by atoms with Crippen molar-refractivity contribution in [3.8, 4) is 0 Å². The topological polar surface area (TPSA) is 20.3 Å². The smallest absolute Gasteiger partial charge is 0.253 e. The van der Waals surface area contributed by atoms with Gasteiger partial charge in [-0.05, 0) is 43.5 Å². The van der Waals surface area contributed by atoms with E-state index < -0.39 is 0 Å². The molecule has 0 aliphatic heterocycles. The van der Waals surface area contributed by atoms with Gasteiger partial charge in [-0.3, -0.25) is 4.79 Å². The van der Waals surface area contributed by atoms with Crippen molar-refractivity contribution in [3.63, 3.8) is 0 Å². The Morgan fingerprint density at radius 2 is 1.88 bits per heavy atom. The summed E-state index contributed by atoms with van der Waals surface area (Å²) in [6.07, 6.45) is 1.03. The molecule has 1 aromatic carbocycles. The molecule has 0 unspecified atom stereocenters. The first-order valence-electron chi connectivity index (χ1n) is 6.09. The molecule has 0 atom stereocenters. The van der Waals surface area contributed by atoms with E-state index in [-0.39, 0.29) is 5.91 Å². The highest BCUT2D eigenvalue weighted by Gasteiger charge is 2.13. The Morgan fingerprint density at radius 3 is 2.35 bits per heavy atom. The van der Waals surface area contributed by atoms with Gasteiger partial charge in [0, 0.05) is 23.7 Å². The third kappa shape index (κ3) is 4.39. The van der Waals surface area contributed by atoms with Gasteiger partial charge in [0.05, 0.1) is 0 Å². The minimum atomic E-state index is 0.0878. The lowest BCUT2D eigenvalue weighted by molar-refractivity contribution is 0.0757. The SMILES string of the molecule is CCN(CCC(C)C)C(=O)c1ccc(Cl)cc1. The molecule has 0 aliphatic rings. The van der Waals surface area contributed by atoms with E-state index in [1.165, 1.54) is 0 Å². The van der Waals surface area contributed by atoms with Gasteiger partial charge in [-0.25, -0.2) is 0 Å². The number of benzene rings is 1. The monoisotopic (exact) mass is 253 g/mol. The highest BCUT2D eigenvalue weighted by Crippen LogP contribution is 2.12. The van der Waals surface area contributed by atoms with Crippen molar-refractivity contribution >= 4 is 17.5 Å². The minimum absolute atomic E-state index is 0.0878. The molecule has 0 fully saturated rings. The van der Waals surface area contributed by atoms with Gasteiger partial charge in [0.25, 0.3) is 5.91 Å². The van der Waals surface area contributed by atoms with Crippen molar-refractivity contribution in [2.75, 3.05) is 13.1 Å². The third-order valence-corrected chi connectivity index (χ3v) is 2.99. The Labute approximate surface area is 109 Å². The van der Waals surface area contributed by atoms with Crippen molar-refractivity contribution < 1.29 is 4.79 Å². The number of nitrogens with zero attached hydrogens (tertiary/aromatic N) is 1. The molecule has 0 radical (unpaired) electrons. The molecule has 0 aromatic heterocycles. The molecule has 0 bridgehead atoms. The second kappa shape index (κ2) is 6.65. The first kappa shape index (κ1) is 14.0. The molecule has 0 aliphatic carbocycles. The van der Waals surface area contributed by atoms with E-state index >= 15 is 0 Å². The normalized spacial score (nSPS) is 10.6. The lowest BCUT2D eigenvalue weighted by Gasteiger charge is -2.22. The van der Waals surface area contributed by atoms with Crippen LogP contribution in [0.4, 0.5) is 0 Å². The number of carbonyl (C=O) groups is 1. The summed E-state index contributed by atoms with van der Waals surface area (Å²) in [5, 5.41) is 0.659. The Hall–Kier alpha value is -1.02. The van der Waals surface area contributed by atoms with Crippen LogP contribution in [0.15, 0.2) is 24.3 Å². The summed E-state index contributed by atoms with van der Waals surface area (Å²) in [4.78, 5) is 14.1. The summed E-state index contributed by atoms with van der Waals surface area (Å²) in [7, 11) is 0. The lowest BCUT2D eigenvalue weighted by atomic mass is 10.1. The zero-order valence-electron chi connectivity index (χ0n) is 10.7. The van der Waals surface area contributed by atoms with E-state index in [1.807, 2.05) is 11.8 Å². The number of amides is 1. The van der Waals surface area contributed by atoms with E-state index in [9.17, 15) is 4.79 Å². The molecule has 0 heterocycles. The Morgan fingerprint density at radius 1 is 1.29 bits per heavy atom. The zero-order valence-corrected chi connectivity index (χ0v) is 11.5. The van der Waals surface area contributed by atoms with Gasteiger partial charge in [-0.1, -0.05) is 25.4 Å². The largest absolute Gasteiger partial charge is 0.339 e. The molecule has 94 valence electrons. The summed E-state index contributed by atoms with van der Waals surface area (Å²) >= 11 is 5.81. The average molecular weight is 254 g/mol. The lowest BCUT2D eigenvalue weighted by Crippen LogP contribution is -2.32. The van der Waals surface area contributed by atoms with E-state index in [1.54, 1.807) is 24.3 Å². The quantitative estimate of drug-likeness (QED) is 0.781. The van der Waals surface area contributed by atoms with Crippen LogP contribution in [0.25, 0.3) is 0 Å². The van der Waals surface area contributed by atoms with E-state index in [0.29, 0.717) is 16.5 Å². The van der Waals surface area contributed by atoms with E-state index in [0.717, 1.165) is 19.5 Å². The van der Waals surface area contributed by atoms with Crippen molar-refractivity contribution in [2.45, 2.75) is 27.2 Å². The van der Waals surface area contributed by atoms with Gasteiger partial charge in [-0.15, -0.1) is 0 Å². The summed E-state index contributed by atoms with van der Waals surface area (Å²) in [5.41, 5.74) is 0.708. The third-order valence-electron chi connectivity index (χ3n) is 2.74. The maximum absolute atomic E-state index is 12.2. The average Bonchev–Trinajstić information content (AvgIpc) is 2.30. The molecule has 2 nitrogen and oxygen atoms in total. The summed E-state index contributed by atoms with van der Waals surface area (Å²) in [5.74, 6) is 0.701. The Balaban J connectivity index is 2.68. The van der Waals surface area contributed by atoms with Gasteiger partial charge in [0.15, 0.2) is 0 Å². The predicted octanol–water partition coefficient (Wildman–Crippen LogP) is 3.85. The summed E-state index contributed by atoms with van der Waals surface area (Å²) in [6.45, 7) is 7.90. The molecule has 0 saturated carbocycles. The minimum Gasteiger partial charge on any atom is -0.339 e. The molecular weight excluding hydrogens is 234 g/mol. The molecule has 17 heavy (non-hydrogen) atoms. The molecule has 3 heteroatoms. The van der Waals surface area contributed by atoms with Crippen LogP contribution in [-0.4, -0.2) is 23.9 Å². The number of halogens is 1. The Bertz CT molecular complexity index is 359. The van der Waals surface area contributed by atoms with Crippen molar-refractivity contribution in [1.82, 2.24) is 4.90 Å². The van der Waals surface area contributed by atoms with Gasteiger partial charge in [0.1, 0.15) is 0 Å². The summed E-state index contributed by atoms with van der Waals surface area (Å²) < 4.78 is 0. The van der Waals surface area contributed by atoms with Gasteiger partial charge >= 0.3 is 0 Å². The molecule has 1 aromatic rings. The predicted molar refractivity (Wildman–Crippen MR) is 72.5 cm³/mol. The second-order valence-corrected chi connectivity index (χ2v) is 5.01. The number of rotatable bonds is 5. The number of carbonyl (C=O) groups excluding carboxylic acids is 1. The van der Waals surface area contributed by atoms with Crippen LogP contribution in [-0.2, 0) is 0 Å². The van der Waals surface area contributed by atoms with E-state index in [4.69, 9.17) is 11.6 Å². The summed E-state index contributed by atoms with van der Waals surface area (Å²) in [6, 6.07) is 7.07. The van der Waals surface area contributed by atoms with E-state index in [2.05, 4.69) is 13.8 Å². The number of hydrogen-bond donors (Lipinski definition) is 0. The second-order valence-electron chi connectivity index (χ2n) is 4.57. The molecule has 0 N–H and O–H groups in total. The van der Waals surface area contributed by atoms with Crippen LogP contribution in [0, 0.1) is 5.92 Å². The molecule has 0 saturated heterocycles. The zero-order chi connectivity index (χ0) is 12.8. The standard InChI is InChI=1S/C14H20ClNO/c1-4-16(10-9-11(2)3)14(17)12-5-7-13(15)8-6-12/h5-8,11H,4,9-10H2,1-3H3. The fraction of sp³-hybridized carbons (Fsp3) is 0.500. The molecule has 1 rings (SSSR count). The first-order chi connectivity index (χ1) is 8.04. The molecular formula is C14H20ClNO. The van der Waals surface area contributed by atoms with Crippen LogP contribution in [0.5, 0.6) is 0 Å². The molecule has 1 amide bonds. The van der Waals surface area contributed by atoms with Crippen LogP contribution in [0.2, 0.25) is 5.02 Å². The maximum Gasteiger partial charge on any atom is 0.253 e. The number of hydrogen-bond acceptors (Lipinski definition) is 1. The fourth-order valence-electron chi connectivity index (χ4n) is 1.59. The van der Waals surface area contributed by atoms with Crippen molar-refractivity contribution in [1.29, 1.82) is 0 Å². The Kier molecular flexibility index (Phi) is 5.49. The first-order valence-corrected chi connectivity index (χ1v) is 6.47. The van der Waals surface area contributed by atoms with Gasteiger partial charge < -0.3 is 4.90 Å². The van der Waals surface area contributed by atoms with Crippen LogP contribution < -0.4 is 0 Å². The molecule has 0 spiro atoms.